The molecule has 0 saturated heterocycles. The third-order valence-electron chi connectivity index (χ3n) is 3.87. The van der Waals surface area contributed by atoms with Gasteiger partial charge < -0.3 is 9.88 Å². The summed E-state index contributed by atoms with van der Waals surface area (Å²) >= 11 is 2.69. The number of thiazole rings is 1. The van der Waals surface area contributed by atoms with Crippen LogP contribution in [-0.4, -0.2) is 27.0 Å². The Morgan fingerprint density at radius 2 is 2.12 bits per heavy atom. The Balaban J connectivity index is 1.80. The van der Waals surface area contributed by atoms with Crippen LogP contribution in [0.4, 0.5) is 5.13 Å². The lowest BCUT2D eigenvalue weighted by atomic mass is 10.2. The molecule has 0 saturated carbocycles. The fraction of sp³-hybridized carbons (Fsp3) is 0.211. The number of nitriles is 1. The molecule has 2 aromatic heterocycles. The average Bonchev–Trinajstić information content (AvgIpc) is 3.20. The van der Waals surface area contributed by atoms with E-state index in [1.54, 1.807) is 0 Å². The standard InChI is InChI=1S/C19H18N4OS2/c1-13-10-16(14(2)23(13)15-6-4-3-5-7-15)17-11-26-19(21-17)22-18(24)12-25-9-8-20/h3-7,10-11H,9,12H2,1-2H3,(H,21,22,24). The summed E-state index contributed by atoms with van der Waals surface area (Å²) in [5.41, 5.74) is 5.27. The molecule has 0 radical (unpaired) electrons. The number of amides is 1. The summed E-state index contributed by atoms with van der Waals surface area (Å²) in [6, 6.07) is 14.3. The topological polar surface area (TPSA) is 70.7 Å². The van der Waals surface area contributed by atoms with Crippen molar-refractivity contribution in [1.82, 2.24) is 9.55 Å². The molecule has 5 nitrogen and oxygen atoms in total. The number of aryl methyl sites for hydroxylation is 1. The zero-order valence-corrected chi connectivity index (χ0v) is 16.2. The van der Waals surface area contributed by atoms with Crippen molar-refractivity contribution < 1.29 is 4.79 Å². The van der Waals surface area contributed by atoms with Crippen molar-refractivity contribution in [3.05, 3.63) is 53.2 Å². The zero-order valence-electron chi connectivity index (χ0n) is 14.5. The Hall–Kier alpha value is -2.56. The molecule has 1 N–H and O–H groups in total. The predicted molar refractivity (Wildman–Crippen MR) is 108 cm³/mol. The molecule has 0 aliphatic heterocycles. The van der Waals surface area contributed by atoms with E-state index in [0.29, 0.717) is 10.9 Å². The van der Waals surface area contributed by atoms with Crippen LogP contribution in [-0.2, 0) is 4.79 Å². The first-order valence-corrected chi connectivity index (χ1v) is 10.1. The van der Waals surface area contributed by atoms with Gasteiger partial charge in [-0.15, -0.1) is 23.1 Å². The summed E-state index contributed by atoms with van der Waals surface area (Å²) in [6.45, 7) is 4.15. The SMILES string of the molecule is Cc1cc(-c2csc(NC(=O)CSCC#N)n2)c(C)n1-c1ccccc1. The lowest BCUT2D eigenvalue weighted by molar-refractivity contribution is -0.113. The van der Waals surface area contributed by atoms with Crippen LogP contribution in [0.25, 0.3) is 16.9 Å². The molecule has 3 rings (SSSR count). The highest BCUT2D eigenvalue weighted by Crippen LogP contribution is 2.31. The molecule has 132 valence electrons. The number of hydrogen-bond donors (Lipinski definition) is 1. The van der Waals surface area contributed by atoms with Crippen molar-refractivity contribution in [3.8, 4) is 23.0 Å². The highest BCUT2D eigenvalue weighted by Gasteiger charge is 2.15. The lowest BCUT2D eigenvalue weighted by Gasteiger charge is -2.09. The van der Waals surface area contributed by atoms with E-state index >= 15 is 0 Å². The van der Waals surface area contributed by atoms with Gasteiger partial charge in [-0.3, -0.25) is 4.79 Å². The first-order chi connectivity index (χ1) is 12.6. The average molecular weight is 383 g/mol. The van der Waals surface area contributed by atoms with Crippen molar-refractivity contribution >= 4 is 34.1 Å². The van der Waals surface area contributed by atoms with Gasteiger partial charge in [-0.25, -0.2) is 4.98 Å². The van der Waals surface area contributed by atoms with Gasteiger partial charge in [-0.1, -0.05) is 18.2 Å². The second-order valence-electron chi connectivity index (χ2n) is 5.69. The van der Waals surface area contributed by atoms with E-state index in [-0.39, 0.29) is 11.7 Å². The van der Waals surface area contributed by atoms with Crippen molar-refractivity contribution in [1.29, 1.82) is 5.26 Å². The molecule has 0 unspecified atom stereocenters. The molecular formula is C19H18N4OS2. The summed E-state index contributed by atoms with van der Waals surface area (Å²) in [5.74, 6) is 0.424. The van der Waals surface area contributed by atoms with Crippen LogP contribution in [0.1, 0.15) is 11.4 Å². The minimum atomic E-state index is -0.138. The first kappa shape index (κ1) is 18.2. The van der Waals surface area contributed by atoms with E-state index in [1.807, 2.05) is 29.6 Å². The molecule has 0 spiro atoms. The molecule has 0 atom stereocenters. The van der Waals surface area contributed by atoms with Crippen LogP contribution < -0.4 is 5.32 Å². The second kappa shape index (κ2) is 8.21. The van der Waals surface area contributed by atoms with Crippen molar-refractivity contribution in [2.24, 2.45) is 0 Å². The Morgan fingerprint density at radius 3 is 2.85 bits per heavy atom. The Kier molecular flexibility index (Phi) is 5.76. The van der Waals surface area contributed by atoms with Gasteiger partial charge in [0.05, 0.1) is 23.3 Å². The Labute approximate surface area is 160 Å². The number of aromatic nitrogens is 2. The van der Waals surface area contributed by atoms with E-state index in [4.69, 9.17) is 5.26 Å². The fourth-order valence-electron chi connectivity index (χ4n) is 2.80. The van der Waals surface area contributed by atoms with Crippen molar-refractivity contribution in [2.75, 3.05) is 16.8 Å². The number of para-hydroxylation sites is 1. The smallest absolute Gasteiger partial charge is 0.236 e. The Morgan fingerprint density at radius 1 is 1.35 bits per heavy atom. The number of benzene rings is 1. The Bertz CT molecular complexity index is 954. The van der Waals surface area contributed by atoms with Crippen LogP contribution >= 0.6 is 23.1 Å². The van der Waals surface area contributed by atoms with E-state index in [1.165, 1.54) is 23.1 Å². The largest absolute Gasteiger partial charge is 0.318 e. The number of rotatable bonds is 6. The molecule has 26 heavy (non-hydrogen) atoms. The quantitative estimate of drug-likeness (QED) is 0.641. The highest BCUT2D eigenvalue weighted by atomic mass is 32.2. The van der Waals surface area contributed by atoms with Gasteiger partial charge in [0.2, 0.25) is 5.91 Å². The van der Waals surface area contributed by atoms with Crippen LogP contribution in [0, 0.1) is 25.2 Å². The van der Waals surface area contributed by atoms with Gasteiger partial charge in [-0.05, 0) is 32.0 Å². The molecule has 1 amide bonds. The number of anilines is 1. The van der Waals surface area contributed by atoms with Gasteiger partial charge in [0.15, 0.2) is 5.13 Å². The molecule has 7 heteroatoms. The maximum Gasteiger partial charge on any atom is 0.236 e. The van der Waals surface area contributed by atoms with Gasteiger partial charge in [0.1, 0.15) is 0 Å². The number of hydrogen-bond acceptors (Lipinski definition) is 5. The first-order valence-electron chi connectivity index (χ1n) is 8.05. The molecule has 1 aromatic carbocycles. The summed E-state index contributed by atoms with van der Waals surface area (Å²) in [5, 5.41) is 13.8. The number of nitrogens with one attached hydrogen (secondary N) is 1. The van der Waals surface area contributed by atoms with Crippen LogP contribution in [0.15, 0.2) is 41.8 Å². The minimum absolute atomic E-state index is 0.138. The van der Waals surface area contributed by atoms with Gasteiger partial charge in [0, 0.05) is 28.0 Å². The number of carbonyl (C=O) groups is 1. The predicted octanol–water partition coefficient (Wildman–Crippen LogP) is 4.41. The monoisotopic (exact) mass is 382 g/mol. The number of carbonyl (C=O) groups excluding carboxylic acids is 1. The van der Waals surface area contributed by atoms with Crippen molar-refractivity contribution in [3.63, 3.8) is 0 Å². The summed E-state index contributed by atoms with van der Waals surface area (Å²) in [6.07, 6.45) is 0. The molecule has 0 fully saturated rings. The molecule has 0 bridgehead atoms. The third kappa shape index (κ3) is 3.98. The van der Waals surface area contributed by atoms with E-state index < -0.39 is 0 Å². The van der Waals surface area contributed by atoms with E-state index in [2.05, 4.69) is 46.9 Å². The summed E-state index contributed by atoms with van der Waals surface area (Å²) < 4.78 is 2.20. The molecule has 2 heterocycles. The molecule has 3 aromatic rings. The summed E-state index contributed by atoms with van der Waals surface area (Å²) in [7, 11) is 0. The lowest BCUT2D eigenvalue weighted by Crippen LogP contribution is -2.14. The molecule has 0 aliphatic rings. The number of thioether (sulfide) groups is 1. The van der Waals surface area contributed by atoms with Crippen molar-refractivity contribution in [2.45, 2.75) is 13.8 Å². The molecule has 0 aliphatic carbocycles. The normalized spacial score (nSPS) is 10.5. The van der Waals surface area contributed by atoms with Gasteiger partial charge >= 0.3 is 0 Å². The van der Waals surface area contributed by atoms with Crippen LogP contribution in [0.2, 0.25) is 0 Å². The van der Waals surface area contributed by atoms with E-state index in [0.717, 1.165) is 28.3 Å². The highest BCUT2D eigenvalue weighted by molar-refractivity contribution is 8.00. The van der Waals surface area contributed by atoms with Crippen LogP contribution in [0.3, 0.4) is 0 Å². The fourth-order valence-corrected chi connectivity index (χ4v) is 3.97. The third-order valence-corrected chi connectivity index (χ3v) is 5.43. The maximum atomic E-state index is 11.9. The maximum absolute atomic E-state index is 11.9. The second-order valence-corrected chi connectivity index (χ2v) is 7.54. The van der Waals surface area contributed by atoms with Gasteiger partial charge in [0.25, 0.3) is 0 Å². The number of nitrogens with zero attached hydrogens (tertiary/aromatic N) is 3. The van der Waals surface area contributed by atoms with Gasteiger partial charge in [-0.2, -0.15) is 5.26 Å². The molecular weight excluding hydrogens is 364 g/mol. The van der Waals surface area contributed by atoms with Crippen LogP contribution in [0.5, 0.6) is 0 Å². The summed E-state index contributed by atoms with van der Waals surface area (Å²) in [4.78, 5) is 16.4. The zero-order chi connectivity index (χ0) is 18.5. The minimum Gasteiger partial charge on any atom is -0.318 e. The van der Waals surface area contributed by atoms with E-state index in [9.17, 15) is 4.79 Å².